The molecule has 0 atom stereocenters. The fourth-order valence-electron chi connectivity index (χ4n) is 2.91. The zero-order chi connectivity index (χ0) is 19.9. The Morgan fingerprint density at radius 1 is 1.18 bits per heavy atom. The molecule has 0 saturated carbocycles. The van der Waals surface area contributed by atoms with E-state index in [0.717, 1.165) is 34.0 Å². The van der Waals surface area contributed by atoms with E-state index in [9.17, 15) is 4.79 Å². The van der Waals surface area contributed by atoms with Crippen LogP contribution in [-0.2, 0) is 17.8 Å². The summed E-state index contributed by atoms with van der Waals surface area (Å²) >= 11 is 1.62. The summed E-state index contributed by atoms with van der Waals surface area (Å²) in [5.74, 6) is 0.981. The molecule has 1 aromatic heterocycles. The predicted octanol–water partition coefficient (Wildman–Crippen LogP) is 4.86. The lowest BCUT2D eigenvalue weighted by Crippen LogP contribution is -2.28. The van der Waals surface area contributed by atoms with Crippen LogP contribution >= 0.6 is 11.3 Å². The van der Waals surface area contributed by atoms with Crippen LogP contribution in [0.5, 0.6) is 5.75 Å². The maximum Gasteiger partial charge on any atom is 0.258 e. The fraction of sp³-hybridized carbons (Fsp3) is 0.304. The SMILES string of the molecule is Cc1ccc(C(C)C)c(OCC(=O)NCc2csc(Cc3ccccc3)n2)c1. The van der Waals surface area contributed by atoms with Crippen molar-refractivity contribution in [2.75, 3.05) is 6.61 Å². The van der Waals surface area contributed by atoms with Gasteiger partial charge in [-0.25, -0.2) is 4.98 Å². The van der Waals surface area contributed by atoms with Gasteiger partial charge in [-0.2, -0.15) is 0 Å². The maximum absolute atomic E-state index is 12.2. The molecule has 0 aliphatic rings. The second-order valence-corrected chi connectivity index (χ2v) is 8.10. The lowest BCUT2D eigenvalue weighted by Gasteiger charge is -2.14. The molecule has 28 heavy (non-hydrogen) atoms. The number of aryl methyl sites for hydroxylation is 1. The minimum absolute atomic E-state index is 0.00415. The fourth-order valence-corrected chi connectivity index (χ4v) is 3.74. The minimum atomic E-state index is -0.145. The average Bonchev–Trinajstić information content (AvgIpc) is 3.12. The van der Waals surface area contributed by atoms with Crippen LogP contribution in [0.3, 0.4) is 0 Å². The number of hydrogen-bond donors (Lipinski definition) is 1. The van der Waals surface area contributed by atoms with Crippen molar-refractivity contribution in [1.29, 1.82) is 0 Å². The van der Waals surface area contributed by atoms with Crippen molar-refractivity contribution in [3.8, 4) is 5.75 Å². The second kappa shape index (κ2) is 9.51. The number of amides is 1. The van der Waals surface area contributed by atoms with Crippen LogP contribution in [0.4, 0.5) is 0 Å². The van der Waals surface area contributed by atoms with Gasteiger partial charge in [0, 0.05) is 11.8 Å². The van der Waals surface area contributed by atoms with Crippen LogP contribution in [0.2, 0.25) is 0 Å². The van der Waals surface area contributed by atoms with E-state index >= 15 is 0 Å². The zero-order valence-corrected chi connectivity index (χ0v) is 17.4. The first-order valence-electron chi connectivity index (χ1n) is 9.48. The standard InChI is InChI=1S/C23H26N2O2S/c1-16(2)20-10-9-17(3)11-21(20)27-14-22(26)24-13-19-15-28-23(25-19)12-18-7-5-4-6-8-18/h4-11,15-16H,12-14H2,1-3H3,(H,24,26). The van der Waals surface area contributed by atoms with Gasteiger partial charge < -0.3 is 10.1 Å². The Morgan fingerprint density at radius 3 is 2.71 bits per heavy atom. The van der Waals surface area contributed by atoms with Gasteiger partial charge in [-0.05, 0) is 35.6 Å². The highest BCUT2D eigenvalue weighted by atomic mass is 32.1. The molecule has 0 aliphatic carbocycles. The number of carbonyl (C=O) groups excluding carboxylic acids is 1. The molecular formula is C23H26N2O2S. The summed E-state index contributed by atoms with van der Waals surface area (Å²) in [6, 6.07) is 16.4. The Labute approximate surface area is 170 Å². The lowest BCUT2D eigenvalue weighted by atomic mass is 10.0. The number of ether oxygens (including phenoxy) is 1. The lowest BCUT2D eigenvalue weighted by molar-refractivity contribution is -0.123. The summed E-state index contributed by atoms with van der Waals surface area (Å²) in [4.78, 5) is 16.8. The topological polar surface area (TPSA) is 51.2 Å². The summed E-state index contributed by atoms with van der Waals surface area (Å²) in [6.45, 7) is 6.68. The van der Waals surface area contributed by atoms with Crippen molar-refractivity contribution in [3.05, 3.63) is 81.3 Å². The molecule has 1 amide bonds. The van der Waals surface area contributed by atoms with Gasteiger partial charge in [-0.3, -0.25) is 4.79 Å². The van der Waals surface area contributed by atoms with E-state index in [1.165, 1.54) is 5.56 Å². The molecular weight excluding hydrogens is 368 g/mol. The van der Waals surface area contributed by atoms with Crippen molar-refractivity contribution in [3.63, 3.8) is 0 Å². The van der Waals surface area contributed by atoms with Gasteiger partial charge in [0.2, 0.25) is 0 Å². The number of benzene rings is 2. The maximum atomic E-state index is 12.2. The van der Waals surface area contributed by atoms with Crippen molar-refractivity contribution < 1.29 is 9.53 Å². The molecule has 1 N–H and O–H groups in total. The highest BCUT2D eigenvalue weighted by Gasteiger charge is 2.11. The Kier molecular flexibility index (Phi) is 6.82. The van der Waals surface area contributed by atoms with Crippen LogP contribution in [0.15, 0.2) is 53.9 Å². The Hall–Kier alpha value is -2.66. The molecule has 0 saturated heterocycles. The largest absolute Gasteiger partial charge is 0.483 e. The summed E-state index contributed by atoms with van der Waals surface area (Å²) in [6.07, 6.45) is 0.813. The van der Waals surface area contributed by atoms with Crippen LogP contribution in [-0.4, -0.2) is 17.5 Å². The van der Waals surface area contributed by atoms with Gasteiger partial charge >= 0.3 is 0 Å². The quantitative estimate of drug-likeness (QED) is 0.593. The van der Waals surface area contributed by atoms with Crippen molar-refractivity contribution in [1.82, 2.24) is 10.3 Å². The van der Waals surface area contributed by atoms with E-state index in [-0.39, 0.29) is 12.5 Å². The molecule has 1 heterocycles. The minimum Gasteiger partial charge on any atom is -0.483 e. The number of rotatable bonds is 8. The van der Waals surface area contributed by atoms with E-state index < -0.39 is 0 Å². The number of nitrogens with zero attached hydrogens (tertiary/aromatic N) is 1. The molecule has 0 aliphatic heterocycles. The van der Waals surface area contributed by atoms with Gasteiger partial charge in [0.05, 0.1) is 17.2 Å². The Morgan fingerprint density at radius 2 is 1.96 bits per heavy atom. The van der Waals surface area contributed by atoms with Gasteiger partial charge in [0.15, 0.2) is 6.61 Å². The molecule has 3 rings (SSSR count). The van der Waals surface area contributed by atoms with Crippen LogP contribution in [0.1, 0.15) is 47.2 Å². The van der Waals surface area contributed by atoms with Gasteiger partial charge in [-0.1, -0.05) is 56.3 Å². The molecule has 5 heteroatoms. The second-order valence-electron chi connectivity index (χ2n) is 7.16. The van der Waals surface area contributed by atoms with Crippen LogP contribution in [0, 0.1) is 6.92 Å². The third-order valence-electron chi connectivity index (χ3n) is 4.41. The summed E-state index contributed by atoms with van der Waals surface area (Å²) in [7, 11) is 0. The Bertz CT molecular complexity index is 919. The summed E-state index contributed by atoms with van der Waals surface area (Å²) < 4.78 is 5.78. The summed E-state index contributed by atoms with van der Waals surface area (Å²) in [5.41, 5.74) is 4.35. The molecule has 4 nitrogen and oxygen atoms in total. The third kappa shape index (κ3) is 5.67. The highest BCUT2D eigenvalue weighted by molar-refractivity contribution is 7.09. The molecule has 0 bridgehead atoms. The Balaban J connectivity index is 1.49. The number of hydrogen-bond acceptors (Lipinski definition) is 4. The van der Waals surface area contributed by atoms with Crippen LogP contribution in [0.25, 0.3) is 0 Å². The predicted molar refractivity (Wildman–Crippen MR) is 114 cm³/mol. The molecule has 0 spiro atoms. The van der Waals surface area contributed by atoms with Crippen LogP contribution < -0.4 is 10.1 Å². The third-order valence-corrected chi connectivity index (χ3v) is 5.31. The normalized spacial score (nSPS) is 10.9. The molecule has 3 aromatic rings. The van der Waals surface area contributed by atoms with E-state index in [1.54, 1.807) is 11.3 Å². The number of carbonyl (C=O) groups is 1. The van der Waals surface area contributed by atoms with Crippen molar-refractivity contribution in [2.45, 2.75) is 39.7 Å². The van der Waals surface area contributed by atoms with Gasteiger partial charge in [0.25, 0.3) is 5.91 Å². The van der Waals surface area contributed by atoms with Crippen molar-refractivity contribution in [2.24, 2.45) is 0 Å². The molecule has 0 radical (unpaired) electrons. The summed E-state index contributed by atoms with van der Waals surface area (Å²) in [5, 5.41) is 5.94. The van der Waals surface area contributed by atoms with E-state index in [0.29, 0.717) is 12.5 Å². The monoisotopic (exact) mass is 394 g/mol. The zero-order valence-electron chi connectivity index (χ0n) is 16.6. The van der Waals surface area contributed by atoms with E-state index in [2.05, 4.69) is 48.4 Å². The average molecular weight is 395 g/mol. The van der Waals surface area contributed by atoms with E-state index in [4.69, 9.17) is 4.74 Å². The smallest absolute Gasteiger partial charge is 0.258 e. The molecule has 0 unspecified atom stereocenters. The number of thiazole rings is 1. The first kappa shape index (κ1) is 20.1. The first-order valence-corrected chi connectivity index (χ1v) is 10.4. The molecule has 146 valence electrons. The number of aromatic nitrogens is 1. The van der Waals surface area contributed by atoms with Crippen molar-refractivity contribution >= 4 is 17.2 Å². The van der Waals surface area contributed by atoms with E-state index in [1.807, 2.05) is 36.6 Å². The molecule has 2 aromatic carbocycles. The van der Waals surface area contributed by atoms with Gasteiger partial charge in [-0.15, -0.1) is 11.3 Å². The van der Waals surface area contributed by atoms with Gasteiger partial charge in [0.1, 0.15) is 5.75 Å². The molecule has 0 fully saturated rings. The number of nitrogens with one attached hydrogen (secondary N) is 1. The first-order chi connectivity index (χ1) is 13.5. The highest BCUT2D eigenvalue weighted by Crippen LogP contribution is 2.27.